The van der Waals surface area contributed by atoms with Crippen molar-refractivity contribution in [1.82, 2.24) is 0 Å². The number of ether oxygens (including phenoxy) is 1. The molecule has 1 N–H and O–H groups in total. The third-order valence-corrected chi connectivity index (χ3v) is 3.17. The summed E-state index contributed by atoms with van der Waals surface area (Å²) in [7, 11) is 0. The van der Waals surface area contributed by atoms with Crippen LogP contribution in [0.25, 0.3) is 0 Å². The molecule has 0 saturated carbocycles. The number of rotatable bonds is 8. The summed E-state index contributed by atoms with van der Waals surface area (Å²) in [6, 6.07) is 0. The minimum absolute atomic E-state index is 0.0378. The van der Waals surface area contributed by atoms with E-state index in [0.717, 1.165) is 12.8 Å². The molecule has 2 heteroatoms. The molecule has 0 radical (unpaired) electrons. The van der Waals surface area contributed by atoms with Gasteiger partial charge in [-0.25, -0.2) is 0 Å². The molecule has 0 aromatic carbocycles. The van der Waals surface area contributed by atoms with Crippen molar-refractivity contribution in [2.45, 2.75) is 58.8 Å². The smallest absolute Gasteiger partial charge is 0.0980 e. The van der Waals surface area contributed by atoms with E-state index < -0.39 is 6.10 Å². The average molecular weight is 226 g/mol. The van der Waals surface area contributed by atoms with Gasteiger partial charge in [0.15, 0.2) is 0 Å². The molecule has 0 aromatic heterocycles. The number of hydrogen-bond acceptors (Lipinski definition) is 2. The lowest BCUT2D eigenvalue weighted by atomic mass is 9.84. The Morgan fingerprint density at radius 1 is 1.38 bits per heavy atom. The molecule has 0 fully saturated rings. The fraction of sp³-hybridized carbons (Fsp3) is 0.714. The van der Waals surface area contributed by atoms with Crippen LogP contribution in [0.1, 0.15) is 40.5 Å². The zero-order valence-corrected chi connectivity index (χ0v) is 11.1. The van der Waals surface area contributed by atoms with E-state index in [2.05, 4.69) is 27.0 Å². The second-order valence-corrected chi connectivity index (χ2v) is 4.93. The first-order valence-electron chi connectivity index (χ1n) is 5.96. The number of allylic oxidation sites excluding steroid dienone is 1. The Hall–Kier alpha value is -0.600. The van der Waals surface area contributed by atoms with Gasteiger partial charge in [0.25, 0.3) is 0 Å². The lowest BCUT2D eigenvalue weighted by molar-refractivity contribution is -0.0967. The van der Waals surface area contributed by atoms with Crippen LogP contribution in [0, 0.1) is 5.41 Å². The Morgan fingerprint density at radius 2 is 1.94 bits per heavy atom. The van der Waals surface area contributed by atoms with Crippen molar-refractivity contribution in [2.24, 2.45) is 5.41 Å². The second kappa shape index (κ2) is 6.87. The van der Waals surface area contributed by atoms with Crippen LogP contribution in [-0.2, 0) is 4.74 Å². The van der Waals surface area contributed by atoms with Crippen molar-refractivity contribution in [3.63, 3.8) is 0 Å². The normalized spacial score (nSPS) is 17.6. The summed E-state index contributed by atoms with van der Waals surface area (Å²) >= 11 is 0. The first kappa shape index (κ1) is 15.4. The maximum Gasteiger partial charge on any atom is 0.0980 e. The highest BCUT2D eigenvalue weighted by atomic mass is 16.5. The minimum Gasteiger partial charge on any atom is -0.386 e. The highest BCUT2D eigenvalue weighted by Gasteiger charge is 2.28. The summed E-state index contributed by atoms with van der Waals surface area (Å²) in [6.45, 7) is 15.7. The monoisotopic (exact) mass is 226 g/mol. The minimum atomic E-state index is -0.591. The van der Waals surface area contributed by atoms with E-state index in [-0.39, 0.29) is 17.6 Å². The number of aliphatic hydroxyl groups excluding tert-OH is 1. The molecule has 94 valence electrons. The van der Waals surface area contributed by atoms with Gasteiger partial charge in [-0.3, -0.25) is 0 Å². The van der Waals surface area contributed by atoms with E-state index >= 15 is 0 Å². The topological polar surface area (TPSA) is 29.5 Å². The fourth-order valence-electron chi connectivity index (χ4n) is 1.55. The van der Waals surface area contributed by atoms with E-state index in [9.17, 15) is 5.11 Å². The summed E-state index contributed by atoms with van der Waals surface area (Å²) in [6.07, 6.45) is 4.43. The predicted molar refractivity (Wildman–Crippen MR) is 69.4 cm³/mol. The van der Waals surface area contributed by atoms with Crippen molar-refractivity contribution < 1.29 is 9.84 Å². The summed E-state index contributed by atoms with van der Waals surface area (Å²) in [4.78, 5) is 0. The van der Waals surface area contributed by atoms with Gasteiger partial charge in [0.05, 0.1) is 18.3 Å². The van der Waals surface area contributed by atoms with Gasteiger partial charge in [-0.15, -0.1) is 13.2 Å². The Bertz CT molecular complexity index is 221. The molecule has 16 heavy (non-hydrogen) atoms. The van der Waals surface area contributed by atoms with Gasteiger partial charge in [-0.05, 0) is 25.2 Å². The van der Waals surface area contributed by atoms with Crippen LogP contribution < -0.4 is 0 Å². The van der Waals surface area contributed by atoms with Gasteiger partial charge in [-0.2, -0.15) is 0 Å². The molecule has 0 spiro atoms. The summed E-state index contributed by atoms with van der Waals surface area (Å²) < 4.78 is 5.90. The van der Waals surface area contributed by atoms with Gasteiger partial charge < -0.3 is 9.84 Å². The first-order chi connectivity index (χ1) is 7.38. The molecular formula is C14H26O2. The summed E-state index contributed by atoms with van der Waals surface area (Å²) in [5.41, 5.74) is 0.0378. The highest BCUT2D eigenvalue weighted by Crippen LogP contribution is 2.29. The number of aliphatic hydroxyl groups is 1. The Balaban J connectivity index is 4.44. The molecule has 0 aromatic rings. The van der Waals surface area contributed by atoms with Crippen LogP contribution >= 0.6 is 0 Å². The Labute approximate surface area is 100 Å². The second-order valence-electron chi connectivity index (χ2n) is 4.93. The molecule has 0 rings (SSSR count). The third-order valence-electron chi connectivity index (χ3n) is 3.17. The van der Waals surface area contributed by atoms with E-state index in [1.165, 1.54) is 6.08 Å². The van der Waals surface area contributed by atoms with Crippen LogP contribution in [-0.4, -0.2) is 23.4 Å². The summed E-state index contributed by atoms with van der Waals surface area (Å²) in [5, 5.41) is 9.70. The Morgan fingerprint density at radius 3 is 2.31 bits per heavy atom. The van der Waals surface area contributed by atoms with Crippen LogP contribution in [0.15, 0.2) is 25.3 Å². The van der Waals surface area contributed by atoms with Crippen molar-refractivity contribution in [3.05, 3.63) is 25.3 Å². The standard InChI is InChI=1S/C14H26O2/c1-7-10-14(5,6)11(4)16-13(9-3)12(15)8-2/h7-8,11-13,15H,1-2,9-10H2,3-6H3/t11-,12?,13-/m1/s1. The van der Waals surface area contributed by atoms with Gasteiger partial charge in [-0.1, -0.05) is 32.9 Å². The van der Waals surface area contributed by atoms with E-state index in [1.54, 1.807) is 0 Å². The lowest BCUT2D eigenvalue weighted by Gasteiger charge is -2.34. The molecule has 3 atom stereocenters. The van der Waals surface area contributed by atoms with Crippen molar-refractivity contribution in [2.75, 3.05) is 0 Å². The molecule has 1 unspecified atom stereocenters. The van der Waals surface area contributed by atoms with Crippen molar-refractivity contribution >= 4 is 0 Å². The lowest BCUT2D eigenvalue weighted by Crippen LogP contribution is -2.37. The zero-order valence-electron chi connectivity index (χ0n) is 11.1. The van der Waals surface area contributed by atoms with Crippen molar-refractivity contribution in [3.8, 4) is 0 Å². The molecule has 0 aliphatic heterocycles. The van der Waals surface area contributed by atoms with E-state index in [0.29, 0.717) is 0 Å². The SMILES string of the molecule is C=CCC(C)(C)[C@@H](C)O[C@H](CC)C(O)C=C. The number of hydrogen-bond donors (Lipinski definition) is 1. The molecule has 2 nitrogen and oxygen atoms in total. The van der Waals surface area contributed by atoms with Crippen LogP contribution in [0.5, 0.6) is 0 Å². The summed E-state index contributed by atoms with van der Waals surface area (Å²) in [5.74, 6) is 0. The third kappa shape index (κ3) is 4.50. The van der Waals surface area contributed by atoms with Crippen molar-refractivity contribution in [1.29, 1.82) is 0 Å². The maximum atomic E-state index is 9.70. The maximum absolute atomic E-state index is 9.70. The largest absolute Gasteiger partial charge is 0.386 e. The molecule has 0 saturated heterocycles. The van der Waals surface area contributed by atoms with Gasteiger partial charge in [0.2, 0.25) is 0 Å². The van der Waals surface area contributed by atoms with E-state index in [1.807, 2.05) is 19.9 Å². The van der Waals surface area contributed by atoms with Gasteiger partial charge in [0.1, 0.15) is 0 Å². The molecular weight excluding hydrogens is 200 g/mol. The molecule has 0 aliphatic carbocycles. The Kier molecular flexibility index (Phi) is 6.61. The van der Waals surface area contributed by atoms with Crippen LogP contribution in [0.2, 0.25) is 0 Å². The van der Waals surface area contributed by atoms with Crippen LogP contribution in [0.4, 0.5) is 0 Å². The fourth-order valence-corrected chi connectivity index (χ4v) is 1.55. The quantitative estimate of drug-likeness (QED) is 0.643. The first-order valence-corrected chi connectivity index (χ1v) is 5.96. The molecule has 0 aliphatic rings. The van der Waals surface area contributed by atoms with Gasteiger partial charge in [0, 0.05) is 0 Å². The average Bonchev–Trinajstić information content (AvgIpc) is 2.24. The van der Waals surface area contributed by atoms with Gasteiger partial charge >= 0.3 is 0 Å². The molecule has 0 heterocycles. The predicted octanol–water partition coefficient (Wildman–Crippen LogP) is 3.32. The molecule has 0 bridgehead atoms. The van der Waals surface area contributed by atoms with Crippen LogP contribution in [0.3, 0.4) is 0 Å². The highest BCUT2D eigenvalue weighted by molar-refractivity contribution is 4.88. The van der Waals surface area contributed by atoms with E-state index in [4.69, 9.17) is 4.74 Å². The molecule has 0 amide bonds. The zero-order chi connectivity index (χ0) is 12.8.